The van der Waals surface area contributed by atoms with E-state index in [1.54, 1.807) is 4.90 Å². The smallest absolute Gasteiger partial charge is 0.409 e. The molecule has 146 valence electrons. The van der Waals surface area contributed by atoms with Crippen LogP contribution in [0.2, 0.25) is 0 Å². The molecule has 7 heteroatoms. The minimum atomic E-state index is -0.227. The van der Waals surface area contributed by atoms with Gasteiger partial charge in [-0.25, -0.2) is 4.79 Å². The third kappa shape index (κ3) is 5.15. The fraction of sp³-hybridized carbons (Fsp3) is 0.500. The summed E-state index contributed by atoms with van der Waals surface area (Å²) in [5.41, 5.74) is 8.51. The van der Waals surface area contributed by atoms with E-state index in [0.717, 1.165) is 25.7 Å². The van der Waals surface area contributed by atoms with Gasteiger partial charge in [-0.15, -0.1) is 0 Å². The Kier molecular flexibility index (Phi) is 6.57. The van der Waals surface area contributed by atoms with Crippen molar-refractivity contribution in [3.05, 3.63) is 36.0 Å². The Balaban J connectivity index is 1.38. The summed E-state index contributed by atoms with van der Waals surface area (Å²) in [6, 6.07) is 8.59. The van der Waals surface area contributed by atoms with Crippen LogP contribution in [0.25, 0.3) is 10.9 Å². The second-order valence-electron chi connectivity index (χ2n) is 6.83. The third-order valence-corrected chi connectivity index (χ3v) is 4.93. The number of fused-ring (bicyclic) bond motifs is 1. The number of amides is 1. The molecule has 0 aliphatic carbocycles. The van der Waals surface area contributed by atoms with Crippen molar-refractivity contribution in [1.82, 2.24) is 15.2 Å². The maximum atomic E-state index is 11.7. The quantitative estimate of drug-likeness (QED) is 0.413. The molecule has 0 bridgehead atoms. The first kappa shape index (κ1) is 19.1. The van der Waals surface area contributed by atoms with E-state index in [1.165, 1.54) is 16.5 Å². The molecule has 0 unspecified atom stereocenters. The summed E-state index contributed by atoms with van der Waals surface area (Å²) in [4.78, 5) is 21.2. The van der Waals surface area contributed by atoms with Gasteiger partial charge in [0.2, 0.25) is 0 Å². The van der Waals surface area contributed by atoms with Crippen LogP contribution in [0.15, 0.2) is 35.5 Å². The second kappa shape index (κ2) is 9.30. The molecular formula is C20H29N5O2. The minimum Gasteiger partial charge on any atom is -0.450 e. The average molecular weight is 371 g/mol. The van der Waals surface area contributed by atoms with Crippen LogP contribution in [0.4, 0.5) is 4.79 Å². The molecule has 3 rings (SSSR count). The number of carbonyl (C=O) groups is 1. The molecule has 0 spiro atoms. The van der Waals surface area contributed by atoms with Crippen LogP contribution in [-0.2, 0) is 11.2 Å². The monoisotopic (exact) mass is 371 g/mol. The minimum absolute atomic E-state index is 0.227. The Bertz CT molecular complexity index is 778. The number of aryl methyl sites for hydroxylation is 1. The standard InChI is InChI=1S/C20H29N5O2/c1-2-27-20(26)25-12-9-16(10-13-25)24-19(21)22-11-5-6-15-14-23-18-8-4-3-7-17(15)18/h3-4,7-8,14,16,23H,2,5-6,9-13H2,1H3,(H3,21,22,24). The number of H-pyrrole nitrogens is 1. The van der Waals surface area contributed by atoms with Crippen molar-refractivity contribution in [3.63, 3.8) is 0 Å². The number of piperidine rings is 1. The van der Waals surface area contributed by atoms with Gasteiger partial charge in [0, 0.05) is 42.8 Å². The molecule has 0 atom stereocenters. The Morgan fingerprint density at radius 2 is 2.15 bits per heavy atom. The SMILES string of the molecule is CCOC(=O)N1CCC(NC(N)=NCCCc2c[nH]c3ccccc23)CC1. The summed E-state index contributed by atoms with van der Waals surface area (Å²) in [6.45, 7) is 4.30. The van der Waals surface area contributed by atoms with E-state index >= 15 is 0 Å². The molecule has 27 heavy (non-hydrogen) atoms. The van der Waals surface area contributed by atoms with Gasteiger partial charge < -0.3 is 25.7 Å². The Labute approximate surface area is 160 Å². The van der Waals surface area contributed by atoms with Gasteiger partial charge in [0.15, 0.2) is 5.96 Å². The molecule has 2 heterocycles. The Hall–Kier alpha value is -2.70. The zero-order valence-corrected chi connectivity index (χ0v) is 15.9. The molecule has 0 radical (unpaired) electrons. The van der Waals surface area contributed by atoms with Crippen molar-refractivity contribution in [1.29, 1.82) is 0 Å². The summed E-state index contributed by atoms with van der Waals surface area (Å²) in [6.07, 6.45) is 5.47. The molecule has 1 aromatic carbocycles. The van der Waals surface area contributed by atoms with Crippen molar-refractivity contribution < 1.29 is 9.53 Å². The van der Waals surface area contributed by atoms with E-state index in [2.05, 4.69) is 39.7 Å². The van der Waals surface area contributed by atoms with Crippen LogP contribution in [0.3, 0.4) is 0 Å². The van der Waals surface area contributed by atoms with E-state index in [-0.39, 0.29) is 12.1 Å². The Morgan fingerprint density at radius 3 is 2.93 bits per heavy atom. The van der Waals surface area contributed by atoms with Crippen molar-refractivity contribution in [2.24, 2.45) is 10.7 Å². The summed E-state index contributed by atoms with van der Waals surface area (Å²) in [7, 11) is 0. The number of hydrogen-bond donors (Lipinski definition) is 3. The van der Waals surface area contributed by atoms with Gasteiger partial charge >= 0.3 is 6.09 Å². The van der Waals surface area contributed by atoms with E-state index in [4.69, 9.17) is 10.5 Å². The predicted octanol–water partition coefficient (Wildman–Crippen LogP) is 2.63. The van der Waals surface area contributed by atoms with Gasteiger partial charge in [-0.3, -0.25) is 4.99 Å². The summed E-state index contributed by atoms with van der Waals surface area (Å²) in [5, 5.41) is 4.56. The Morgan fingerprint density at radius 1 is 1.37 bits per heavy atom. The van der Waals surface area contributed by atoms with Gasteiger partial charge in [-0.05, 0) is 44.2 Å². The molecular weight excluding hydrogens is 342 g/mol. The zero-order chi connectivity index (χ0) is 19.1. The fourth-order valence-corrected chi connectivity index (χ4v) is 3.48. The largest absolute Gasteiger partial charge is 0.450 e. The number of aromatic nitrogens is 1. The van der Waals surface area contributed by atoms with Gasteiger partial charge in [0.05, 0.1) is 6.61 Å². The molecule has 7 nitrogen and oxygen atoms in total. The molecule has 1 aliphatic heterocycles. The maximum absolute atomic E-state index is 11.7. The molecule has 1 fully saturated rings. The molecule has 0 saturated carbocycles. The van der Waals surface area contributed by atoms with Gasteiger partial charge in [0.1, 0.15) is 0 Å². The van der Waals surface area contributed by atoms with Gasteiger partial charge in [0.25, 0.3) is 0 Å². The lowest BCUT2D eigenvalue weighted by molar-refractivity contribution is 0.0963. The van der Waals surface area contributed by atoms with Crippen LogP contribution in [0, 0.1) is 0 Å². The van der Waals surface area contributed by atoms with Crippen molar-refractivity contribution in [2.75, 3.05) is 26.2 Å². The average Bonchev–Trinajstić information content (AvgIpc) is 3.09. The van der Waals surface area contributed by atoms with E-state index in [1.807, 2.05) is 13.0 Å². The highest BCUT2D eigenvalue weighted by Crippen LogP contribution is 2.18. The van der Waals surface area contributed by atoms with Crippen LogP contribution in [0.1, 0.15) is 31.7 Å². The number of para-hydroxylation sites is 1. The lowest BCUT2D eigenvalue weighted by Gasteiger charge is -2.31. The number of benzene rings is 1. The number of guanidine groups is 1. The number of likely N-dealkylation sites (tertiary alicyclic amines) is 1. The third-order valence-electron chi connectivity index (χ3n) is 4.93. The van der Waals surface area contributed by atoms with Crippen molar-refractivity contribution >= 4 is 23.0 Å². The topological polar surface area (TPSA) is 95.7 Å². The normalized spacial score (nSPS) is 15.9. The lowest BCUT2D eigenvalue weighted by Crippen LogP contribution is -2.48. The molecule has 4 N–H and O–H groups in total. The number of nitrogens with zero attached hydrogens (tertiary/aromatic N) is 2. The molecule has 1 aromatic heterocycles. The lowest BCUT2D eigenvalue weighted by atomic mass is 10.1. The van der Waals surface area contributed by atoms with Crippen LogP contribution < -0.4 is 11.1 Å². The first-order valence-corrected chi connectivity index (χ1v) is 9.70. The summed E-state index contributed by atoms with van der Waals surface area (Å²) in [5.74, 6) is 0.489. The van der Waals surface area contributed by atoms with Crippen molar-refractivity contribution in [2.45, 2.75) is 38.6 Å². The molecule has 1 saturated heterocycles. The highest BCUT2D eigenvalue weighted by molar-refractivity contribution is 5.83. The second-order valence-corrected chi connectivity index (χ2v) is 6.83. The van der Waals surface area contributed by atoms with Crippen LogP contribution in [0.5, 0.6) is 0 Å². The first-order chi connectivity index (χ1) is 13.2. The van der Waals surface area contributed by atoms with E-state index in [0.29, 0.717) is 32.2 Å². The molecule has 1 amide bonds. The van der Waals surface area contributed by atoms with Crippen molar-refractivity contribution in [3.8, 4) is 0 Å². The predicted molar refractivity (Wildman–Crippen MR) is 108 cm³/mol. The van der Waals surface area contributed by atoms with Crippen LogP contribution >= 0.6 is 0 Å². The number of ether oxygens (including phenoxy) is 1. The van der Waals surface area contributed by atoms with Gasteiger partial charge in [-0.1, -0.05) is 18.2 Å². The van der Waals surface area contributed by atoms with Crippen LogP contribution in [-0.4, -0.2) is 54.2 Å². The van der Waals surface area contributed by atoms with Gasteiger partial charge in [-0.2, -0.15) is 0 Å². The number of carbonyl (C=O) groups excluding carboxylic acids is 1. The van der Waals surface area contributed by atoms with E-state index in [9.17, 15) is 4.79 Å². The number of nitrogens with one attached hydrogen (secondary N) is 2. The number of hydrogen-bond acceptors (Lipinski definition) is 3. The first-order valence-electron chi connectivity index (χ1n) is 9.70. The highest BCUT2D eigenvalue weighted by Gasteiger charge is 2.23. The maximum Gasteiger partial charge on any atom is 0.409 e. The number of nitrogens with two attached hydrogens (primary N) is 1. The number of aromatic amines is 1. The number of aliphatic imine (C=N–C) groups is 1. The fourth-order valence-electron chi connectivity index (χ4n) is 3.48. The summed E-state index contributed by atoms with van der Waals surface area (Å²) >= 11 is 0. The number of rotatable bonds is 6. The summed E-state index contributed by atoms with van der Waals surface area (Å²) < 4.78 is 5.04. The van der Waals surface area contributed by atoms with E-state index < -0.39 is 0 Å². The molecule has 2 aromatic rings. The highest BCUT2D eigenvalue weighted by atomic mass is 16.6. The zero-order valence-electron chi connectivity index (χ0n) is 15.9. The molecule has 1 aliphatic rings.